The van der Waals surface area contributed by atoms with Crippen molar-refractivity contribution in [1.29, 1.82) is 0 Å². The van der Waals surface area contributed by atoms with Crippen LogP contribution in [0.3, 0.4) is 0 Å². The van der Waals surface area contributed by atoms with E-state index in [4.69, 9.17) is 4.74 Å². The molecule has 29 heavy (non-hydrogen) atoms. The van der Waals surface area contributed by atoms with E-state index in [9.17, 15) is 24.8 Å². The molecular formula is C19H16N4O6. The van der Waals surface area contributed by atoms with Crippen LogP contribution in [0.4, 0.5) is 5.69 Å². The molecule has 0 saturated heterocycles. The summed E-state index contributed by atoms with van der Waals surface area (Å²) in [6, 6.07) is 11.1. The van der Waals surface area contributed by atoms with Crippen molar-refractivity contribution in [2.75, 3.05) is 7.11 Å². The van der Waals surface area contributed by atoms with Gasteiger partial charge in [-0.1, -0.05) is 29.5 Å². The zero-order chi connectivity index (χ0) is 21.1. The first-order valence-electron chi connectivity index (χ1n) is 8.42. The molecule has 0 saturated carbocycles. The lowest BCUT2D eigenvalue weighted by Crippen LogP contribution is -2.16. The third-order valence-corrected chi connectivity index (χ3v) is 4.31. The van der Waals surface area contributed by atoms with E-state index in [1.807, 2.05) is 0 Å². The highest BCUT2D eigenvalue weighted by molar-refractivity contribution is 6.14. The van der Waals surface area contributed by atoms with Crippen molar-refractivity contribution < 1.29 is 24.4 Å². The van der Waals surface area contributed by atoms with Gasteiger partial charge in [-0.15, -0.1) is 5.10 Å². The molecule has 10 nitrogen and oxygen atoms in total. The second kappa shape index (κ2) is 7.89. The van der Waals surface area contributed by atoms with E-state index in [0.717, 1.165) is 4.68 Å². The van der Waals surface area contributed by atoms with E-state index in [0.29, 0.717) is 11.3 Å². The van der Waals surface area contributed by atoms with Gasteiger partial charge < -0.3 is 9.84 Å². The number of ether oxygens (including phenoxy) is 1. The molecule has 0 aliphatic rings. The zero-order valence-electron chi connectivity index (χ0n) is 15.5. The number of carboxylic acid groups (broad SMARTS) is 1. The number of para-hydroxylation sites is 1. The molecule has 1 heterocycles. The second-order valence-corrected chi connectivity index (χ2v) is 6.15. The summed E-state index contributed by atoms with van der Waals surface area (Å²) in [5, 5.41) is 28.5. The van der Waals surface area contributed by atoms with Gasteiger partial charge in [-0.25, -0.2) is 9.48 Å². The van der Waals surface area contributed by atoms with Crippen LogP contribution < -0.4 is 4.74 Å². The van der Waals surface area contributed by atoms with Gasteiger partial charge in [-0.2, -0.15) is 0 Å². The molecule has 3 rings (SSSR count). The normalized spacial score (nSPS) is 10.6. The fourth-order valence-corrected chi connectivity index (χ4v) is 2.90. The van der Waals surface area contributed by atoms with Crippen LogP contribution in [0.15, 0.2) is 42.5 Å². The summed E-state index contributed by atoms with van der Waals surface area (Å²) in [5.41, 5.74) is -0.545. The van der Waals surface area contributed by atoms with Crippen molar-refractivity contribution in [3.63, 3.8) is 0 Å². The SMILES string of the molecule is COc1ccc(Cn2nnc(C(=O)c3cccc(C)c3[N+](=O)[O-])c2C(=O)O)cc1. The van der Waals surface area contributed by atoms with Crippen LogP contribution in [0.5, 0.6) is 5.75 Å². The van der Waals surface area contributed by atoms with Gasteiger partial charge in [0.2, 0.25) is 5.78 Å². The zero-order valence-corrected chi connectivity index (χ0v) is 15.5. The molecular weight excluding hydrogens is 380 g/mol. The number of carboxylic acids is 1. The van der Waals surface area contributed by atoms with Crippen molar-refractivity contribution in [3.05, 3.63) is 80.7 Å². The summed E-state index contributed by atoms with van der Waals surface area (Å²) in [6.45, 7) is 1.54. The Kier molecular flexibility index (Phi) is 5.35. The van der Waals surface area contributed by atoms with Gasteiger partial charge in [-0.3, -0.25) is 14.9 Å². The number of carbonyl (C=O) groups excluding carboxylic acids is 1. The lowest BCUT2D eigenvalue weighted by atomic mass is 10.0. The largest absolute Gasteiger partial charge is 0.497 e. The Morgan fingerprint density at radius 2 is 1.90 bits per heavy atom. The number of nitro benzene ring substituents is 1. The summed E-state index contributed by atoms with van der Waals surface area (Å²) in [6.07, 6.45) is 0. The predicted octanol–water partition coefficient (Wildman–Crippen LogP) is 2.48. The van der Waals surface area contributed by atoms with Gasteiger partial charge in [0.1, 0.15) is 11.3 Å². The average Bonchev–Trinajstić information content (AvgIpc) is 3.11. The minimum absolute atomic E-state index is 0.0435. The van der Waals surface area contributed by atoms with Crippen molar-refractivity contribution in [3.8, 4) is 5.75 Å². The first-order chi connectivity index (χ1) is 13.8. The molecule has 0 spiro atoms. The predicted molar refractivity (Wildman–Crippen MR) is 100 cm³/mol. The summed E-state index contributed by atoms with van der Waals surface area (Å²) in [5.74, 6) is -1.66. The highest BCUT2D eigenvalue weighted by atomic mass is 16.6. The maximum absolute atomic E-state index is 12.9. The topological polar surface area (TPSA) is 137 Å². The number of aromatic carboxylic acids is 1. The van der Waals surface area contributed by atoms with Gasteiger partial charge in [-0.05, 0) is 30.7 Å². The monoisotopic (exact) mass is 396 g/mol. The number of aryl methyl sites for hydroxylation is 1. The lowest BCUT2D eigenvalue weighted by Gasteiger charge is -2.06. The molecule has 0 radical (unpaired) electrons. The van der Waals surface area contributed by atoms with Crippen molar-refractivity contribution in [2.45, 2.75) is 13.5 Å². The van der Waals surface area contributed by atoms with Gasteiger partial charge in [0.25, 0.3) is 5.69 Å². The van der Waals surface area contributed by atoms with Crippen molar-refractivity contribution >= 4 is 17.4 Å². The molecule has 0 aliphatic heterocycles. The Labute approximate surface area is 164 Å². The molecule has 0 bridgehead atoms. The van der Waals surface area contributed by atoms with E-state index >= 15 is 0 Å². The minimum atomic E-state index is -1.41. The van der Waals surface area contributed by atoms with Crippen LogP contribution in [0.25, 0.3) is 0 Å². The van der Waals surface area contributed by atoms with Crippen LogP contribution in [-0.2, 0) is 6.54 Å². The fourth-order valence-electron chi connectivity index (χ4n) is 2.90. The molecule has 2 aromatic carbocycles. The van der Waals surface area contributed by atoms with Crippen LogP contribution in [0.2, 0.25) is 0 Å². The second-order valence-electron chi connectivity index (χ2n) is 6.15. The van der Waals surface area contributed by atoms with E-state index in [1.165, 1.54) is 32.2 Å². The molecule has 1 N–H and O–H groups in total. The summed E-state index contributed by atoms with van der Waals surface area (Å²) in [7, 11) is 1.53. The molecule has 0 unspecified atom stereocenters. The van der Waals surface area contributed by atoms with Crippen LogP contribution in [0.1, 0.15) is 37.7 Å². The van der Waals surface area contributed by atoms with E-state index in [2.05, 4.69) is 10.3 Å². The fraction of sp³-hybridized carbons (Fsp3) is 0.158. The molecule has 0 fully saturated rings. The number of hydrogen-bond acceptors (Lipinski definition) is 7. The number of nitro groups is 1. The molecule has 0 amide bonds. The first-order valence-corrected chi connectivity index (χ1v) is 8.42. The van der Waals surface area contributed by atoms with Crippen LogP contribution in [-0.4, -0.2) is 43.9 Å². The first kappa shape index (κ1) is 19.7. The highest BCUT2D eigenvalue weighted by Crippen LogP contribution is 2.26. The van der Waals surface area contributed by atoms with Crippen LogP contribution >= 0.6 is 0 Å². The highest BCUT2D eigenvalue weighted by Gasteiger charge is 2.31. The molecule has 148 valence electrons. The third-order valence-electron chi connectivity index (χ3n) is 4.31. The third kappa shape index (κ3) is 3.81. The Morgan fingerprint density at radius 3 is 2.48 bits per heavy atom. The number of rotatable bonds is 7. The quantitative estimate of drug-likeness (QED) is 0.365. The maximum atomic E-state index is 12.9. The molecule has 0 aliphatic carbocycles. The lowest BCUT2D eigenvalue weighted by molar-refractivity contribution is -0.385. The van der Waals surface area contributed by atoms with Crippen molar-refractivity contribution in [2.24, 2.45) is 0 Å². The summed E-state index contributed by atoms with van der Waals surface area (Å²) >= 11 is 0. The van der Waals surface area contributed by atoms with Gasteiger partial charge in [0.15, 0.2) is 11.4 Å². The van der Waals surface area contributed by atoms with Crippen LogP contribution in [0, 0.1) is 17.0 Å². The van der Waals surface area contributed by atoms with E-state index in [-0.39, 0.29) is 17.7 Å². The number of nitrogens with zero attached hydrogens (tertiary/aromatic N) is 4. The van der Waals surface area contributed by atoms with E-state index < -0.39 is 33.8 Å². The Bertz CT molecular complexity index is 1100. The van der Waals surface area contributed by atoms with E-state index in [1.54, 1.807) is 24.3 Å². The van der Waals surface area contributed by atoms with Gasteiger partial charge in [0.05, 0.1) is 18.6 Å². The smallest absolute Gasteiger partial charge is 0.356 e. The number of carbonyl (C=O) groups is 2. The maximum Gasteiger partial charge on any atom is 0.356 e. The molecule has 0 atom stereocenters. The molecule has 1 aromatic heterocycles. The van der Waals surface area contributed by atoms with Crippen molar-refractivity contribution in [1.82, 2.24) is 15.0 Å². The van der Waals surface area contributed by atoms with Gasteiger partial charge in [0, 0.05) is 5.56 Å². The number of methoxy groups -OCH3 is 1. The molecule has 3 aromatic rings. The molecule has 10 heteroatoms. The number of ketones is 1. The Morgan fingerprint density at radius 1 is 1.21 bits per heavy atom. The summed E-state index contributed by atoms with van der Waals surface area (Å²) in [4.78, 5) is 35.4. The Balaban J connectivity index is 2.03. The van der Waals surface area contributed by atoms with Gasteiger partial charge >= 0.3 is 5.97 Å². The number of hydrogen-bond donors (Lipinski definition) is 1. The summed E-state index contributed by atoms with van der Waals surface area (Å²) < 4.78 is 6.15. The Hall–Kier alpha value is -4.08. The minimum Gasteiger partial charge on any atom is -0.497 e. The standard InChI is InChI=1S/C19H16N4O6/c1-11-4-3-5-14(16(11)23(27)28)18(24)15-17(19(25)26)22(21-20-15)10-12-6-8-13(29-2)9-7-12/h3-9H,10H2,1-2H3,(H,25,26). The number of aromatic nitrogens is 3. The number of benzene rings is 2. The average molecular weight is 396 g/mol.